The van der Waals surface area contributed by atoms with Crippen LogP contribution in [0.1, 0.15) is 22.3 Å². The Morgan fingerprint density at radius 1 is 0.591 bits per heavy atom. The molecule has 0 unspecified atom stereocenters. The van der Waals surface area contributed by atoms with Gasteiger partial charge >= 0.3 is 0 Å². The van der Waals surface area contributed by atoms with Crippen LogP contribution < -0.4 is 31.4 Å². The predicted octanol–water partition coefficient (Wildman–Crippen LogP) is 3.05. The van der Waals surface area contributed by atoms with Crippen molar-refractivity contribution in [2.45, 2.75) is 27.7 Å². The largest absolute Gasteiger partial charge is 0.497 e. The molecule has 44 heavy (non-hydrogen) atoms. The minimum Gasteiger partial charge on any atom is -0.497 e. The van der Waals surface area contributed by atoms with Crippen LogP contribution in [0.15, 0.2) is 68.0 Å². The quantitative estimate of drug-likeness (QED) is 0.300. The lowest BCUT2D eigenvalue weighted by Crippen LogP contribution is -2.15. The monoisotopic (exact) mass is 590 g/mol. The van der Waals surface area contributed by atoms with Crippen molar-refractivity contribution in [2.75, 3.05) is 14.2 Å². The molecule has 12 heteroatoms. The van der Waals surface area contributed by atoms with Crippen molar-refractivity contribution in [2.24, 2.45) is 0 Å². The maximum absolute atomic E-state index is 12.8. The van der Waals surface area contributed by atoms with Crippen LogP contribution in [0.3, 0.4) is 0 Å². The zero-order chi connectivity index (χ0) is 31.2. The average Bonchev–Trinajstić information content (AvgIpc) is 3.73. The molecule has 8 aromatic rings. The van der Waals surface area contributed by atoms with Crippen LogP contribution in [0, 0.1) is 27.7 Å². The number of pyridine rings is 2. The molecule has 6 heterocycles. The highest BCUT2D eigenvalue weighted by Crippen LogP contribution is 2.24. The number of benzene rings is 2. The van der Waals surface area contributed by atoms with Crippen LogP contribution in [0.5, 0.6) is 11.5 Å². The maximum atomic E-state index is 12.8. The molecule has 0 N–H and O–H groups in total. The van der Waals surface area contributed by atoms with E-state index in [1.165, 1.54) is 8.80 Å². The molecule has 8 rings (SSSR count). The molecule has 6 aromatic heterocycles. The second-order valence-corrected chi connectivity index (χ2v) is 10.8. The van der Waals surface area contributed by atoms with Gasteiger partial charge in [0.25, 0.3) is 11.1 Å². The molecule has 220 valence electrons. The van der Waals surface area contributed by atoms with Gasteiger partial charge in [-0.05, 0) is 52.0 Å². The summed E-state index contributed by atoms with van der Waals surface area (Å²) in [7, 11) is 3.16. The fraction of sp³-hybridized carbons (Fsp3) is 0.188. The second-order valence-electron chi connectivity index (χ2n) is 10.8. The summed E-state index contributed by atoms with van der Waals surface area (Å²) in [5, 5.41) is 0. The van der Waals surface area contributed by atoms with Gasteiger partial charge in [0, 0.05) is 46.8 Å². The SMILES string of the molecule is COc1ccc2c(c1)nc1n3cc(C)c(=O)c(C)c3c(=O)n21.COc1ccc2nc3n4cc(C)c(=O)c(C)c4c(=O)n3c2c1. The lowest BCUT2D eigenvalue weighted by Gasteiger charge is -1.99. The van der Waals surface area contributed by atoms with Crippen LogP contribution in [-0.4, -0.2) is 41.8 Å². The van der Waals surface area contributed by atoms with Crippen molar-refractivity contribution in [3.8, 4) is 11.5 Å². The first-order chi connectivity index (χ1) is 21.0. The summed E-state index contributed by atoms with van der Waals surface area (Å²) in [6.07, 6.45) is 3.34. The highest BCUT2D eigenvalue weighted by molar-refractivity contribution is 5.84. The van der Waals surface area contributed by atoms with Crippen molar-refractivity contribution in [1.29, 1.82) is 0 Å². The summed E-state index contributed by atoms with van der Waals surface area (Å²) in [6, 6.07) is 10.8. The number of rotatable bonds is 2. The molecule has 0 saturated carbocycles. The Hall–Kier alpha value is -5.78. The second kappa shape index (κ2) is 9.36. The fourth-order valence-electron chi connectivity index (χ4n) is 5.92. The van der Waals surface area contributed by atoms with Gasteiger partial charge in [-0.2, -0.15) is 0 Å². The maximum Gasteiger partial charge on any atom is 0.282 e. The van der Waals surface area contributed by atoms with Crippen molar-refractivity contribution in [3.63, 3.8) is 0 Å². The third kappa shape index (κ3) is 3.57. The lowest BCUT2D eigenvalue weighted by molar-refractivity contribution is 0.415. The average molecular weight is 591 g/mol. The van der Waals surface area contributed by atoms with E-state index in [0.29, 0.717) is 78.4 Å². The molecular weight excluding hydrogens is 564 g/mol. The van der Waals surface area contributed by atoms with Gasteiger partial charge < -0.3 is 9.47 Å². The summed E-state index contributed by atoms with van der Waals surface area (Å²) >= 11 is 0. The first-order valence-corrected chi connectivity index (χ1v) is 13.7. The molecule has 0 fully saturated rings. The summed E-state index contributed by atoms with van der Waals surface area (Å²) in [5.74, 6) is 2.36. The minimum absolute atomic E-state index is 0.101. The van der Waals surface area contributed by atoms with E-state index in [-0.39, 0.29) is 22.0 Å². The summed E-state index contributed by atoms with van der Waals surface area (Å²) in [5.41, 5.74) is 4.95. The minimum atomic E-state index is -0.236. The van der Waals surface area contributed by atoms with Crippen molar-refractivity contribution < 1.29 is 9.47 Å². The Morgan fingerprint density at radius 2 is 1.07 bits per heavy atom. The van der Waals surface area contributed by atoms with Gasteiger partial charge in [-0.1, -0.05) is 0 Å². The van der Waals surface area contributed by atoms with E-state index in [2.05, 4.69) is 9.97 Å². The fourth-order valence-corrected chi connectivity index (χ4v) is 5.92. The highest BCUT2D eigenvalue weighted by Gasteiger charge is 2.20. The molecule has 0 spiro atoms. The zero-order valence-corrected chi connectivity index (χ0v) is 24.8. The van der Waals surface area contributed by atoms with Crippen molar-refractivity contribution >= 4 is 44.7 Å². The Morgan fingerprint density at radius 3 is 1.61 bits per heavy atom. The molecular formula is C32H26N6O6. The van der Waals surface area contributed by atoms with E-state index in [4.69, 9.17) is 9.47 Å². The number of imidazole rings is 4. The first-order valence-electron chi connectivity index (χ1n) is 13.7. The third-order valence-electron chi connectivity index (χ3n) is 8.17. The molecule has 12 nitrogen and oxygen atoms in total. The molecule has 0 aliphatic rings. The number of hydrogen-bond acceptors (Lipinski definition) is 8. The van der Waals surface area contributed by atoms with Gasteiger partial charge in [0.05, 0.1) is 36.3 Å². The standard InChI is InChI=1S/2C16H13N3O3/c1-8-7-18-13(9(2)14(8)20)15(21)19-12-5-4-10(22-3)6-11(12)17-16(18)19;1-8-7-18-13(9(2)14(8)20)15(21)19-12-6-10(22-3)4-5-11(12)17-16(18)19/h2*4-7H,1-3H3. The van der Waals surface area contributed by atoms with Gasteiger partial charge in [0.1, 0.15) is 22.5 Å². The Bertz CT molecular complexity index is 2700. The molecule has 0 aliphatic heterocycles. The van der Waals surface area contributed by atoms with E-state index in [9.17, 15) is 19.2 Å². The number of aryl methyl sites for hydroxylation is 4. The topological polar surface area (TPSA) is 130 Å². The van der Waals surface area contributed by atoms with E-state index >= 15 is 0 Å². The van der Waals surface area contributed by atoms with Gasteiger partial charge in [-0.25, -0.2) is 18.8 Å². The summed E-state index contributed by atoms with van der Waals surface area (Å²) in [4.78, 5) is 58.7. The van der Waals surface area contributed by atoms with E-state index in [1.807, 2.05) is 6.07 Å². The van der Waals surface area contributed by atoms with E-state index in [1.54, 1.807) is 93.4 Å². The van der Waals surface area contributed by atoms with Gasteiger partial charge in [-0.3, -0.25) is 28.0 Å². The number of aromatic nitrogens is 6. The van der Waals surface area contributed by atoms with Gasteiger partial charge in [-0.15, -0.1) is 0 Å². The Balaban J connectivity index is 0.000000142. The number of hydrogen-bond donors (Lipinski definition) is 0. The van der Waals surface area contributed by atoms with Gasteiger partial charge in [0.15, 0.2) is 10.9 Å². The third-order valence-corrected chi connectivity index (χ3v) is 8.17. The van der Waals surface area contributed by atoms with E-state index < -0.39 is 0 Å². The first kappa shape index (κ1) is 27.1. The molecule has 0 amide bonds. The number of methoxy groups -OCH3 is 2. The molecule has 0 aliphatic carbocycles. The normalized spacial score (nSPS) is 11.8. The van der Waals surface area contributed by atoms with Crippen LogP contribution in [0.25, 0.3) is 44.7 Å². The van der Waals surface area contributed by atoms with Crippen molar-refractivity contribution in [3.05, 3.63) is 112 Å². The number of nitrogens with zero attached hydrogens (tertiary/aromatic N) is 6. The molecule has 0 atom stereocenters. The highest BCUT2D eigenvalue weighted by atomic mass is 16.5. The Kier molecular flexibility index (Phi) is 5.76. The number of ether oxygens (including phenoxy) is 2. The lowest BCUT2D eigenvalue weighted by atomic mass is 10.2. The molecule has 0 radical (unpaired) electrons. The predicted molar refractivity (Wildman–Crippen MR) is 167 cm³/mol. The Labute approximate surface area is 247 Å². The van der Waals surface area contributed by atoms with E-state index in [0.717, 1.165) is 0 Å². The summed E-state index contributed by atoms with van der Waals surface area (Å²) in [6.45, 7) is 6.83. The zero-order valence-electron chi connectivity index (χ0n) is 24.8. The smallest absolute Gasteiger partial charge is 0.282 e. The van der Waals surface area contributed by atoms with Crippen LogP contribution in [0.2, 0.25) is 0 Å². The molecule has 0 saturated heterocycles. The number of fused-ring (bicyclic) bond motifs is 10. The van der Waals surface area contributed by atoms with Gasteiger partial charge in [0.2, 0.25) is 11.6 Å². The van der Waals surface area contributed by atoms with Crippen LogP contribution >= 0.6 is 0 Å². The van der Waals surface area contributed by atoms with Crippen LogP contribution in [-0.2, 0) is 0 Å². The summed E-state index contributed by atoms with van der Waals surface area (Å²) < 4.78 is 16.9. The van der Waals surface area contributed by atoms with Crippen molar-refractivity contribution in [1.82, 2.24) is 27.6 Å². The molecule has 0 bridgehead atoms. The van der Waals surface area contributed by atoms with Crippen LogP contribution in [0.4, 0.5) is 0 Å². The molecule has 2 aromatic carbocycles.